The molecule has 1 saturated heterocycles. The van der Waals surface area contributed by atoms with Gasteiger partial charge >= 0.3 is 0 Å². The summed E-state index contributed by atoms with van der Waals surface area (Å²) >= 11 is 2.83. The van der Waals surface area contributed by atoms with Gasteiger partial charge in [0, 0.05) is 36.6 Å². The molecule has 1 aliphatic rings. The van der Waals surface area contributed by atoms with Crippen molar-refractivity contribution in [1.29, 1.82) is 0 Å². The summed E-state index contributed by atoms with van der Waals surface area (Å²) in [5.74, 6) is 0.746. The summed E-state index contributed by atoms with van der Waals surface area (Å²) in [6.45, 7) is 3.14. The minimum Gasteiger partial charge on any atom is -0.395 e. The molecule has 7 heteroatoms. The van der Waals surface area contributed by atoms with Crippen molar-refractivity contribution in [2.24, 2.45) is 0 Å². The fourth-order valence-corrected chi connectivity index (χ4v) is 3.20. The average Bonchev–Trinajstić information content (AvgIpc) is 2.74. The zero-order valence-electron chi connectivity index (χ0n) is 10.7. The van der Waals surface area contributed by atoms with E-state index in [1.807, 2.05) is 13.2 Å². The van der Waals surface area contributed by atoms with E-state index in [4.69, 9.17) is 5.11 Å². The molecule has 0 spiro atoms. The van der Waals surface area contributed by atoms with Gasteiger partial charge in [0.2, 0.25) is 5.91 Å². The molecule has 1 rings (SSSR count). The van der Waals surface area contributed by atoms with Crippen LogP contribution in [-0.2, 0) is 4.79 Å². The lowest BCUT2D eigenvalue weighted by atomic mass is 10.2. The van der Waals surface area contributed by atoms with E-state index in [1.165, 1.54) is 23.5 Å². The molecule has 0 aromatic heterocycles. The predicted octanol–water partition coefficient (Wildman–Crippen LogP) is 0.774. The van der Waals surface area contributed by atoms with E-state index in [0.29, 0.717) is 13.0 Å². The van der Waals surface area contributed by atoms with Crippen molar-refractivity contribution in [2.75, 3.05) is 31.7 Å². The summed E-state index contributed by atoms with van der Waals surface area (Å²) < 4.78 is 0. The number of nitrogens with one attached hydrogen (secondary N) is 1. The molecular weight excluding hydrogens is 272 g/mol. The second-order valence-electron chi connectivity index (χ2n) is 4.16. The van der Waals surface area contributed by atoms with Gasteiger partial charge in [-0.05, 0) is 13.2 Å². The van der Waals surface area contributed by atoms with Crippen molar-refractivity contribution in [3.05, 3.63) is 0 Å². The third-order valence-corrected chi connectivity index (χ3v) is 4.94. The first kappa shape index (κ1) is 15.7. The van der Waals surface area contributed by atoms with Crippen LogP contribution in [0.5, 0.6) is 0 Å². The number of carbonyl (C=O) groups excluding carboxylic acids is 2. The van der Waals surface area contributed by atoms with Gasteiger partial charge in [0.15, 0.2) is 0 Å². The molecule has 2 N–H and O–H groups in total. The zero-order valence-corrected chi connectivity index (χ0v) is 12.4. The number of amides is 2. The van der Waals surface area contributed by atoms with Gasteiger partial charge in [-0.3, -0.25) is 9.59 Å². The number of aliphatic hydroxyl groups excluding tert-OH is 1. The Bertz CT molecular complexity index is 298. The van der Waals surface area contributed by atoms with Crippen molar-refractivity contribution in [1.82, 2.24) is 10.2 Å². The molecule has 0 aliphatic carbocycles. The molecule has 1 fully saturated rings. The molecule has 104 valence electrons. The van der Waals surface area contributed by atoms with E-state index in [9.17, 15) is 9.59 Å². The first-order valence-electron chi connectivity index (χ1n) is 5.93. The van der Waals surface area contributed by atoms with Gasteiger partial charge in [0.25, 0.3) is 5.24 Å². The Morgan fingerprint density at radius 2 is 2.39 bits per heavy atom. The zero-order chi connectivity index (χ0) is 13.5. The monoisotopic (exact) mass is 292 g/mol. The third-order valence-electron chi connectivity index (χ3n) is 2.88. The van der Waals surface area contributed by atoms with Crippen molar-refractivity contribution in [2.45, 2.75) is 24.6 Å². The van der Waals surface area contributed by atoms with Crippen molar-refractivity contribution in [3.63, 3.8) is 0 Å². The summed E-state index contributed by atoms with van der Waals surface area (Å²) in [5.41, 5.74) is 0. The van der Waals surface area contributed by atoms with Gasteiger partial charge in [0.05, 0.1) is 6.61 Å². The quantitative estimate of drug-likeness (QED) is 0.725. The molecule has 1 heterocycles. The Balaban J connectivity index is 2.26. The van der Waals surface area contributed by atoms with Crippen LogP contribution in [0.3, 0.4) is 0 Å². The predicted molar refractivity (Wildman–Crippen MR) is 76.0 cm³/mol. The van der Waals surface area contributed by atoms with Gasteiger partial charge in [-0.15, -0.1) is 0 Å². The topological polar surface area (TPSA) is 69.6 Å². The Labute approximate surface area is 116 Å². The number of rotatable bonds is 7. The highest BCUT2D eigenvalue weighted by Gasteiger charge is 2.22. The lowest BCUT2D eigenvalue weighted by molar-refractivity contribution is -0.121. The highest BCUT2D eigenvalue weighted by atomic mass is 32.2. The molecule has 0 bridgehead atoms. The first-order chi connectivity index (χ1) is 8.58. The number of hydrogen-bond acceptors (Lipinski definition) is 5. The molecule has 2 atom stereocenters. The van der Waals surface area contributed by atoms with Crippen molar-refractivity contribution in [3.8, 4) is 0 Å². The van der Waals surface area contributed by atoms with Crippen LogP contribution in [0.25, 0.3) is 0 Å². The Morgan fingerprint density at radius 1 is 1.67 bits per heavy atom. The lowest BCUT2D eigenvalue weighted by Gasteiger charge is -2.22. The molecular formula is C11H20N2O3S2. The average molecular weight is 292 g/mol. The summed E-state index contributed by atoms with van der Waals surface area (Å²) in [6.07, 6.45) is 2.23. The largest absolute Gasteiger partial charge is 0.395 e. The van der Waals surface area contributed by atoms with Crippen molar-refractivity contribution >= 4 is 34.7 Å². The molecule has 5 nitrogen and oxygen atoms in total. The second-order valence-corrected chi connectivity index (χ2v) is 6.29. The van der Waals surface area contributed by atoms with E-state index in [0.717, 1.165) is 12.3 Å². The van der Waals surface area contributed by atoms with E-state index < -0.39 is 0 Å². The van der Waals surface area contributed by atoms with E-state index in [2.05, 4.69) is 5.32 Å². The van der Waals surface area contributed by atoms with Crippen LogP contribution in [0.1, 0.15) is 13.3 Å². The molecule has 0 saturated carbocycles. The molecule has 2 unspecified atom stereocenters. The lowest BCUT2D eigenvalue weighted by Crippen LogP contribution is -2.42. The number of thioether (sulfide) groups is 2. The maximum absolute atomic E-state index is 11.7. The highest BCUT2D eigenvalue weighted by Crippen LogP contribution is 2.17. The third kappa shape index (κ3) is 4.70. The fourth-order valence-electron chi connectivity index (χ4n) is 1.72. The summed E-state index contributed by atoms with van der Waals surface area (Å²) in [5, 5.41) is 12.0. The SMILES string of the molecule is CSC(CO)C(C)NC(=O)CCN1CCSC1=O. The van der Waals surface area contributed by atoms with Crippen LogP contribution in [0.2, 0.25) is 0 Å². The molecule has 2 amide bonds. The summed E-state index contributed by atoms with van der Waals surface area (Å²) in [4.78, 5) is 24.7. The Hall–Kier alpha value is -0.400. The van der Waals surface area contributed by atoms with Crippen LogP contribution >= 0.6 is 23.5 Å². The number of nitrogens with zero attached hydrogens (tertiary/aromatic N) is 1. The van der Waals surface area contributed by atoms with Crippen LogP contribution in [0.15, 0.2) is 0 Å². The van der Waals surface area contributed by atoms with E-state index >= 15 is 0 Å². The summed E-state index contributed by atoms with van der Waals surface area (Å²) in [7, 11) is 0. The van der Waals surface area contributed by atoms with Crippen LogP contribution in [-0.4, -0.2) is 64.1 Å². The molecule has 1 aliphatic heterocycles. The van der Waals surface area contributed by atoms with Gasteiger partial charge < -0.3 is 15.3 Å². The normalized spacial score (nSPS) is 18.8. The Morgan fingerprint density at radius 3 is 2.89 bits per heavy atom. The molecule has 0 aromatic rings. The van der Waals surface area contributed by atoms with Crippen LogP contribution in [0, 0.1) is 0 Å². The number of aliphatic hydroxyl groups is 1. The molecule has 0 radical (unpaired) electrons. The van der Waals surface area contributed by atoms with Crippen LogP contribution < -0.4 is 5.32 Å². The smallest absolute Gasteiger partial charge is 0.281 e. The van der Waals surface area contributed by atoms with Gasteiger partial charge in [-0.2, -0.15) is 11.8 Å². The first-order valence-corrected chi connectivity index (χ1v) is 8.20. The maximum atomic E-state index is 11.7. The fraction of sp³-hybridized carbons (Fsp3) is 0.818. The second kappa shape index (κ2) is 7.91. The van der Waals surface area contributed by atoms with Gasteiger partial charge in [-0.1, -0.05) is 11.8 Å². The van der Waals surface area contributed by atoms with E-state index in [-0.39, 0.29) is 29.0 Å². The number of carbonyl (C=O) groups is 2. The standard InChI is InChI=1S/C11H20N2O3S2/c1-8(9(7-14)17-2)12-10(15)3-4-13-5-6-18-11(13)16/h8-9,14H,3-7H2,1-2H3,(H,12,15). The highest BCUT2D eigenvalue weighted by molar-refractivity contribution is 8.13. The summed E-state index contributed by atoms with van der Waals surface area (Å²) in [6, 6.07) is -0.0684. The molecule has 0 aromatic carbocycles. The van der Waals surface area contributed by atoms with E-state index in [1.54, 1.807) is 4.90 Å². The van der Waals surface area contributed by atoms with Gasteiger partial charge in [0.1, 0.15) is 0 Å². The maximum Gasteiger partial charge on any atom is 0.281 e. The van der Waals surface area contributed by atoms with Gasteiger partial charge in [-0.25, -0.2) is 0 Å². The van der Waals surface area contributed by atoms with Crippen molar-refractivity contribution < 1.29 is 14.7 Å². The minimum atomic E-state index is -0.0697. The van der Waals surface area contributed by atoms with Crippen LogP contribution in [0.4, 0.5) is 4.79 Å². The Kier molecular flexibility index (Phi) is 6.88. The molecule has 18 heavy (non-hydrogen) atoms. The number of hydrogen-bond donors (Lipinski definition) is 2. The minimum absolute atomic E-state index is 0.0120.